The molecule has 0 saturated heterocycles. The second kappa shape index (κ2) is 1.31. The molecule has 0 bridgehead atoms. The maximum atomic E-state index is 10.1. The van der Waals surface area contributed by atoms with Gasteiger partial charge in [0.15, 0.2) is 0 Å². The first-order chi connectivity index (χ1) is 3.29. The van der Waals surface area contributed by atoms with Crippen LogP contribution in [0.4, 0.5) is 0 Å². The highest BCUT2D eigenvalue weighted by Gasteiger charge is 2.07. The molecule has 0 atom stereocenters. The Morgan fingerprint density at radius 2 is 2.71 bits per heavy atom. The molecule has 0 unspecified atom stereocenters. The van der Waals surface area contributed by atoms with Gasteiger partial charge < -0.3 is 0 Å². The summed E-state index contributed by atoms with van der Waals surface area (Å²) >= 11 is 0. The molecule has 0 aromatic heterocycles. The van der Waals surface area contributed by atoms with Gasteiger partial charge in [-0.2, -0.15) is 0 Å². The second-order valence-electron chi connectivity index (χ2n) is 1.31. The Labute approximate surface area is 40.6 Å². The predicted molar refractivity (Wildman–Crippen MR) is 24.4 cm³/mol. The molecule has 1 amide bonds. The minimum absolute atomic E-state index is 0.178. The van der Waals surface area contributed by atoms with Crippen LogP contribution < -0.4 is 5.84 Å². The van der Waals surface area contributed by atoms with Crippen molar-refractivity contribution in [2.24, 2.45) is 10.8 Å². The molecule has 4 nitrogen and oxygen atoms in total. The summed E-state index contributed by atoms with van der Waals surface area (Å²) in [6.07, 6.45) is 1.31. The summed E-state index contributed by atoms with van der Waals surface area (Å²) in [4.78, 5) is 13.5. The van der Waals surface area contributed by atoms with E-state index in [1.54, 1.807) is 0 Å². The standard InChI is InChI=1S/C3H5N3O/c4-6-1-3(7)5-2-6/h2H,1,4H2. The number of amides is 1. The molecule has 4 heteroatoms. The molecule has 0 aliphatic carbocycles. The molecule has 1 rings (SSSR count). The molecular formula is C3H5N3O. The van der Waals surface area contributed by atoms with E-state index in [2.05, 4.69) is 4.99 Å². The average Bonchev–Trinajstić information content (AvgIpc) is 1.87. The van der Waals surface area contributed by atoms with Crippen molar-refractivity contribution in [3.63, 3.8) is 0 Å². The third kappa shape index (κ3) is 0.747. The summed E-state index contributed by atoms with van der Waals surface area (Å²) in [5, 5.41) is 1.24. The molecule has 1 heterocycles. The van der Waals surface area contributed by atoms with Crippen LogP contribution >= 0.6 is 0 Å². The van der Waals surface area contributed by atoms with E-state index in [1.165, 1.54) is 11.3 Å². The van der Waals surface area contributed by atoms with Crippen LogP contribution in [-0.2, 0) is 4.79 Å². The number of hydrogen-bond donors (Lipinski definition) is 1. The van der Waals surface area contributed by atoms with Crippen LogP contribution in [0.25, 0.3) is 0 Å². The SMILES string of the molecule is NN1C=NC(=O)C1. The summed E-state index contributed by atoms with van der Waals surface area (Å²) in [7, 11) is 0. The number of hydrogen-bond acceptors (Lipinski definition) is 3. The Kier molecular flexibility index (Phi) is 0.796. The van der Waals surface area contributed by atoms with Gasteiger partial charge in [-0.15, -0.1) is 0 Å². The highest BCUT2D eigenvalue weighted by atomic mass is 16.2. The molecule has 0 spiro atoms. The maximum absolute atomic E-state index is 10.1. The van der Waals surface area contributed by atoms with Gasteiger partial charge >= 0.3 is 0 Å². The second-order valence-corrected chi connectivity index (χ2v) is 1.31. The van der Waals surface area contributed by atoms with E-state index in [4.69, 9.17) is 5.84 Å². The van der Waals surface area contributed by atoms with Crippen LogP contribution in [-0.4, -0.2) is 23.8 Å². The minimum atomic E-state index is -0.178. The number of aliphatic imine (C=N–C) groups is 1. The van der Waals surface area contributed by atoms with Gasteiger partial charge in [-0.05, 0) is 0 Å². The molecule has 7 heavy (non-hydrogen) atoms. The van der Waals surface area contributed by atoms with Crippen LogP contribution in [0.3, 0.4) is 0 Å². The van der Waals surface area contributed by atoms with Crippen molar-refractivity contribution in [2.45, 2.75) is 0 Å². The lowest BCUT2D eigenvalue weighted by Gasteiger charge is -1.98. The van der Waals surface area contributed by atoms with E-state index >= 15 is 0 Å². The Morgan fingerprint density at radius 3 is 2.86 bits per heavy atom. The number of hydrazine groups is 1. The molecule has 0 aromatic carbocycles. The molecule has 0 radical (unpaired) electrons. The summed E-state index contributed by atoms with van der Waals surface area (Å²) in [6.45, 7) is 0.222. The fourth-order valence-corrected chi connectivity index (χ4v) is 0.376. The maximum Gasteiger partial charge on any atom is 0.268 e. The minimum Gasteiger partial charge on any atom is -0.291 e. The number of carbonyl (C=O) groups is 1. The topological polar surface area (TPSA) is 58.7 Å². The Balaban J connectivity index is 2.58. The third-order valence-corrected chi connectivity index (χ3v) is 0.668. The summed E-state index contributed by atoms with van der Waals surface area (Å²) in [5.74, 6) is 4.91. The van der Waals surface area contributed by atoms with Gasteiger partial charge in [0.05, 0.1) is 0 Å². The highest BCUT2D eigenvalue weighted by molar-refractivity contribution is 5.91. The van der Waals surface area contributed by atoms with Crippen molar-refractivity contribution in [2.75, 3.05) is 6.54 Å². The van der Waals surface area contributed by atoms with E-state index in [9.17, 15) is 4.79 Å². The molecule has 1 aliphatic rings. The van der Waals surface area contributed by atoms with Crippen molar-refractivity contribution < 1.29 is 4.79 Å². The van der Waals surface area contributed by atoms with Crippen LogP contribution in [0.1, 0.15) is 0 Å². The quantitative estimate of drug-likeness (QED) is 0.385. The third-order valence-electron chi connectivity index (χ3n) is 0.668. The summed E-state index contributed by atoms with van der Waals surface area (Å²) in [5.41, 5.74) is 0. The van der Waals surface area contributed by atoms with E-state index in [0.29, 0.717) is 0 Å². The lowest BCUT2D eigenvalue weighted by Crippen LogP contribution is -2.28. The molecule has 0 fully saturated rings. The van der Waals surface area contributed by atoms with Crippen molar-refractivity contribution in [1.82, 2.24) is 5.01 Å². The van der Waals surface area contributed by atoms with Crippen LogP contribution in [0.2, 0.25) is 0 Å². The number of rotatable bonds is 0. The Bertz CT molecular complexity index is 119. The van der Waals surface area contributed by atoms with Crippen molar-refractivity contribution >= 4 is 12.2 Å². The van der Waals surface area contributed by atoms with Gasteiger partial charge in [-0.3, -0.25) is 9.80 Å². The molecular weight excluding hydrogens is 94.1 g/mol. The van der Waals surface area contributed by atoms with Crippen molar-refractivity contribution in [3.8, 4) is 0 Å². The van der Waals surface area contributed by atoms with Crippen LogP contribution in [0.15, 0.2) is 4.99 Å². The van der Waals surface area contributed by atoms with Crippen LogP contribution in [0.5, 0.6) is 0 Å². The predicted octanol–water partition coefficient (Wildman–Crippen LogP) is -1.27. The zero-order valence-electron chi connectivity index (χ0n) is 3.66. The van der Waals surface area contributed by atoms with E-state index in [0.717, 1.165) is 0 Å². The first kappa shape index (κ1) is 4.26. The number of nitrogens with zero attached hydrogens (tertiary/aromatic N) is 2. The lowest BCUT2D eigenvalue weighted by atomic mass is 10.6. The van der Waals surface area contributed by atoms with Gasteiger partial charge in [0, 0.05) is 0 Å². The molecule has 1 aliphatic heterocycles. The Morgan fingerprint density at radius 1 is 2.00 bits per heavy atom. The van der Waals surface area contributed by atoms with Crippen molar-refractivity contribution in [1.29, 1.82) is 0 Å². The van der Waals surface area contributed by atoms with Gasteiger partial charge in [-0.1, -0.05) is 0 Å². The zero-order chi connectivity index (χ0) is 5.28. The van der Waals surface area contributed by atoms with E-state index < -0.39 is 0 Å². The lowest BCUT2D eigenvalue weighted by molar-refractivity contribution is -0.117. The average molecular weight is 99.1 g/mol. The first-order valence-corrected chi connectivity index (χ1v) is 1.87. The molecule has 38 valence electrons. The van der Waals surface area contributed by atoms with E-state index in [-0.39, 0.29) is 12.5 Å². The largest absolute Gasteiger partial charge is 0.291 e. The summed E-state index contributed by atoms with van der Waals surface area (Å²) in [6, 6.07) is 0. The zero-order valence-corrected chi connectivity index (χ0v) is 3.66. The van der Waals surface area contributed by atoms with E-state index in [1.807, 2.05) is 0 Å². The monoisotopic (exact) mass is 99.0 g/mol. The van der Waals surface area contributed by atoms with Gasteiger partial charge in [0.25, 0.3) is 5.91 Å². The number of nitrogens with two attached hydrogens (primary N) is 1. The Hall–Kier alpha value is -0.900. The first-order valence-electron chi connectivity index (χ1n) is 1.87. The molecule has 0 aromatic rings. The van der Waals surface area contributed by atoms with Gasteiger partial charge in [-0.25, -0.2) is 10.8 Å². The number of carbonyl (C=O) groups excluding carboxylic acids is 1. The molecule has 0 saturated carbocycles. The fraction of sp³-hybridized carbons (Fsp3) is 0.333. The fourth-order valence-electron chi connectivity index (χ4n) is 0.376. The highest BCUT2D eigenvalue weighted by Crippen LogP contribution is 1.84. The normalized spacial score (nSPS) is 19.0. The van der Waals surface area contributed by atoms with Gasteiger partial charge in [0.2, 0.25) is 0 Å². The molecule has 2 N–H and O–H groups in total. The van der Waals surface area contributed by atoms with Crippen molar-refractivity contribution in [3.05, 3.63) is 0 Å². The smallest absolute Gasteiger partial charge is 0.268 e. The summed E-state index contributed by atoms with van der Waals surface area (Å²) < 4.78 is 0. The van der Waals surface area contributed by atoms with Gasteiger partial charge in [0.1, 0.15) is 12.9 Å². The van der Waals surface area contributed by atoms with Crippen LogP contribution in [0, 0.1) is 0 Å².